The van der Waals surface area contributed by atoms with Gasteiger partial charge in [0.1, 0.15) is 11.5 Å². The number of halogens is 1. The summed E-state index contributed by atoms with van der Waals surface area (Å²) >= 11 is 2.06. The highest BCUT2D eigenvalue weighted by Crippen LogP contribution is 2.16. The minimum Gasteiger partial charge on any atom is -0.494 e. The lowest BCUT2D eigenvalue weighted by atomic mass is 10.2. The fourth-order valence-corrected chi connectivity index (χ4v) is 3.45. The van der Waals surface area contributed by atoms with Crippen molar-refractivity contribution >= 4 is 46.6 Å². The summed E-state index contributed by atoms with van der Waals surface area (Å²) in [6.07, 6.45) is 2.35. The van der Waals surface area contributed by atoms with E-state index in [2.05, 4.69) is 38.4 Å². The maximum atomic E-state index is 12.3. The van der Waals surface area contributed by atoms with Gasteiger partial charge in [0.05, 0.1) is 30.5 Å². The quantitative estimate of drug-likeness (QED) is 0.122. The Labute approximate surface area is 216 Å². The van der Waals surface area contributed by atoms with Gasteiger partial charge in [0, 0.05) is 3.57 Å². The van der Waals surface area contributed by atoms with Crippen molar-refractivity contribution in [3.05, 3.63) is 93.1 Å². The van der Waals surface area contributed by atoms with E-state index in [1.807, 2.05) is 19.1 Å². The van der Waals surface area contributed by atoms with Crippen LogP contribution < -0.4 is 20.2 Å². The summed E-state index contributed by atoms with van der Waals surface area (Å²) in [6.45, 7) is 2.43. The molecule has 3 aromatic carbocycles. The molecule has 35 heavy (non-hydrogen) atoms. The van der Waals surface area contributed by atoms with Crippen molar-refractivity contribution in [2.24, 2.45) is 5.10 Å². The second kappa shape index (κ2) is 13.2. The van der Waals surface area contributed by atoms with Crippen molar-refractivity contribution in [2.75, 3.05) is 13.2 Å². The van der Waals surface area contributed by atoms with Gasteiger partial charge in [-0.3, -0.25) is 9.59 Å². The number of carbonyl (C=O) groups excluding carboxylic acids is 3. The molecule has 0 saturated carbocycles. The van der Waals surface area contributed by atoms with Gasteiger partial charge in [0.2, 0.25) is 0 Å². The van der Waals surface area contributed by atoms with Crippen LogP contribution in [0.5, 0.6) is 11.5 Å². The van der Waals surface area contributed by atoms with E-state index in [1.165, 1.54) is 6.21 Å². The molecular formula is C26H24IN3O5. The van der Waals surface area contributed by atoms with Crippen LogP contribution in [-0.2, 0) is 4.79 Å². The van der Waals surface area contributed by atoms with Gasteiger partial charge in [-0.1, -0.05) is 19.1 Å². The lowest BCUT2D eigenvalue weighted by Gasteiger charge is -2.07. The number of ether oxygens (including phenoxy) is 2. The van der Waals surface area contributed by atoms with E-state index in [4.69, 9.17) is 9.47 Å². The second-order valence-corrected chi connectivity index (χ2v) is 8.45. The van der Waals surface area contributed by atoms with Crippen LogP contribution in [0.4, 0.5) is 0 Å². The highest BCUT2D eigenvalue weighted by atomic mass is 127. The molecule has 0 bridgehead atoms. The lowest BCUT2D eigenvalue weighted by Crippen LogP contribution is -2.35. The average Bonchev–Trinajstić information content (AvgIpc) is 2.87. The van der Waals surface area contributed by atoms with E-state index in [0.29, 0.717) is 34.8 Å². The number of hydrazone groups is 1. The largest absolute Gasteiger partial charge is 0.494 e. The molecule has 3 aromatic rings. The van der Waals surface area contributed by atoms with Gasteiger partial charge >= 0.3 is 5.97 Å². The number of carbonyl (C=O) groups is 3. The number of hydrogen-bond acceptors (Lipinski definition) is 6. The SMILES string of the molecule is CCCOc1ccc(C(=O)Oc2ccc(/C=N\NC(=O)CNC(=O)c3ccccc3I)cc2)cc1. The number of nitrogens with zero attached hydrogens (tertiary/aromatic N) is 1. The van der Waals surface area contributed by atoms with E-state index < -0.39 is 11.9 Å². The lowest BCUT2D eigenvalue weighted by molar-refractivity contribution is -0.120. The zero-order valence-corrected chi connectivity index (χ0v) is 21.2. The smallest absolute Gasteiger partial charge is 0.343 e. The Hall–Kier alpha value is -3.73. The Kier molecular flexibility index (Phi) is 9.79. The number of benzene rings is 3. The summed E-state index contributed by atoms with van der Waals surface area (Å²) in [5.74, 6) is -0.196. The predicted molar refractivity (Wildman–Crippen MR) is 141 cm³/mol. The Balaban J connectivity index is 1.44. The molecule has 0 aliphatic rings. The monoisotopic (exact) mass is 585 g/mol. The Morgan fingerprint density at radius 1 is 0.943 bits per heavy atom. The standard InChI is InChI=1S/C26H24IN3O5/c1-2-15-34-20-13-9-19(10-14-20)26(33)35-21-11-7-18(8-12-21)16-29-30-24(31)17-28-25(32)22-5-3-4-6-23(22)27/h3-14,16H,2,15,17H2,1H3,(H,28,32)(H,30,31)/b29-16-. The van der Waals surface area contributed by atoms with Gasteiger partial charge in [0.25, 0.3) is 11.8 Å². The Bertz CT molecular complexity index is 1190. The van der Waals surface area contributed by atoms with Crippen LogP contribution in [0.1, 0.15) is 39.6 Å². The summed E-state index contributed by atoms with van der Waals surface area (Å²) < 4.78 is 11.7. The average molecular weight is 585 g/mol. The minimum atomic E-state index is -0.479. The van der Waals surface area contributed by atoms with E-state index in [-0.39, 0.29) is 12.5 Å². The van der Waals surface area contributed by atoms with Crippen molar-refractivity contribution < 1.29 is 23.9 Å². The highest BCUT2D eigenvalue weighted by molar-refractivity contribution is 14.1. The van der Waals surface area contributed by atoms with Crippen LogP contribution >= 0.6 is 22.6 Å². The van der Waals surface area contributed by atoms with Crippen molar-refractivity contribution in [3.8, 4) is 11.5 Å². The van der Waals surface area contributed by atoms with Crippen LogP contribution in [-0.4, -0.2) is 37.1 Å². The fraction of sp³-hybridized carbons (Fsp3) is 0.154. The van der Waals surface area contributed by atoms with E-state index in [1.54, 1.807) is 60.7 Å². The topological polar surface area (TPSA) is 106 Å². The molecule has 180 valence electrons. The third kappa shape index (κ3) is 8.21. The first-order chi connectivity index (χ1) is 17.0. The molecule has 8 nitrogen and oxygen atoms in total. The molecule has 0 saturated heterocycles. The van der Waals surface area contributed by atoms with Gasteiger partial charge in [0.15, 0.2) is 0 Å². The Morgan fingerprint density at radius 3 is 2.31 bits per heavy atom. The molecule has 3 rings (SSSR count). The Morgan fingerprint density at radius 2 is 1.63 bits per heavy atom. The molecule has 0 aliphatic carbocycles. The van der Waals surface area contributed by atoms with Crippen LogP contribution in [0.25, 0.3) is 0 Å². The van der Waals surface area contributed by atoms with Gasteiger partial charge in [-0.2, -0.15) is 5.10 Å². The number of rotatable bonds is 10. The molecule has 0 fully saturated rings. The molecule has 9 heteroatoms. The van der Waals surface area contributed by atoms with Gasteiger partial charge in [-0.05, 0) is 95.2 Å². The van der Waals surface area contributed by atoms with E-state index in [9.17, 15) is 14.4 Å². The van der Waals surface area contributed by atoms with Crippen molar-refractivity contribution in [1.29, 1.82) is 0 Å². The summed E-state index contributed by atoms with van der Waals surface area (Å²) in [7, 11) is 0. The zero-order chi connectivity index (χ0) is 25.0. The van der Waals surface area contributed by atoms with Gasteiger partial charge in [-0.15, -0.1) is 0 Å². The first-order valence-corrected chi connectivity index (χ1v) is 11.9. The molecule has 2 amide bonds. The third-order valence-corrected chi connectivity index (χ3v) is 5.53. The highest BCUT2D eigenvalue weighted by Gasteiger charge is 2.11. The molecule has 0 aliphatic heterocycles. The van der Waals surface area contributed by atoms with Gasteiger partial charge < -0.3 is 14.8 Å². The maximum Gasteiger partial charge on any atom is 0.343 e. The molecule has 2 N–H and O–H groups in total. The van der Waals surface area contributed by atoms with Crippen LogP contribution in [0, 0.1) is 3.57 Å². The molecule has 0 aromatic heterocycles. The first-order valence-electron chi connectivity index (χ1n) is 10.9. The molecule has 0 atom stereocenters. The van der Waals surface area contributed by atoms with Crippen molar-refractivity contribution in [2.45, 2.75) is 13.3 Å². The molecule has 0 radical (unpaired) electrons. The second-order valence-electron chi connectivity index (χ2n) is 7.29. The fourth-order valence-electron chi connectivity index (χ4n) is 2.81. The first kappa shape index (κ1) is 25.9. The normalized spacial score (nSPS) is 10.6. The summed E-state index contributed by atoms with van der Waals surface area (Å²) in [5, 5.41) is 6.43. The number of nitrogens with one attached hydrogen (secondary N) is 2. The molecular weight excluding hydrogens is 561 g/mol. The van der Waals surface area contributed by atoms with E-state index in [0.717, 1.165) is 9.99 Å². The third-order valence-electron chi connectivity index (χ3n) is 4.58. The van der Waals surface area contributed by atoms with Crippen LogP contribution in [0.3, 0.4) is 0 Å². The van der Waals surface area contributed by atoms with E-state index >= 15 is 0 Å². The summed E-state index contributed by atoms with van der Waals surface area (Å²) in [4.78, 5) is 36.4. The predicted octanol–water partition coefficient (Wildman–Crippen LogP) is 4.18. The number of hydrogen-bond donors (Lipinski definition) is 2. The minimum absolute atomic E-state index is 0.207. The van der Waals surface area contributed by atoms with Crippen molar-refractivity contribution in [1.82, 2.24) is 10.7 Å². The van der Waals surface area contributed by atoms with Crippen molar-refractivity contribution in [3.63, 3.8) is 0 Å². The van der Waals surface area contributed by atoms with Crippen LogP contribution in [0.15, 0.2) is 77.9 Å². The zero-order valence-electron chi connectivity index (χ0n) is 19.0. The number of amides is 2. The summed E-state index contributed by atoms with van der Waals surface area (Å²) in [6, 6.07) is 20.5. The molecule has 0 spiro atoms. The number of esters is 1. The summed E-state index contributed by atoms with van der Waals surface area (Å²) in [5.41, 5.74) is 3.96. The van der Waals surface area contributed by atoms with Gasteiger partial charge in [-0.25, -0.2) is 10.2 Å². The molecule has 0 unspecified atom stereocenters. The maximum absolute atomic E-state index is 12.3. The van der Waals surface area contributed by atoms with Crippen LogP contribution in [0.2, 0.25) is 0 Å². The molecule has 0 heterocycles.